The lowest BCUT2D eigenvalue weighted by Gasteiger charge is -1.94. The Bertz CT molecular complexity index is 159. The van der Waals surface area contributed by atoms with E-state index in [9.17, 15) is 9.59 Å². The van der Waals surface area contributed by atoms with Gasteiger partial charge in [0.1, 0.15) is 0 Å². The van der Waals surface area contributed by atoms with Crippen molar-refractivity contribution < 1.29 is 19.4 Å². The Kier molecular flexibility index (Phi) is 3.95. The zero-order chi connectivity index (χ0) is 7.98. The van der Waals surface area contributed by atoms with Crippen LogP contribution in [0.3, 0.4) is 0 Å². The van der Waals surface area contributed by atoms with E-state index in [1.807, 2.05) is 0 Å². The molecule has 1 N–H and O–H groups in total. The van der Waals surface area contributed by atoms with Gasteiger partial charge >= 0.3 is 11.9 Å². The average Bonchev–Trinajstić information content (AvgIpc) is 1.85. The molecule has 4 nitrogen and oxygen atoms in total. The van der Waals surface area contributed by atoms with E-state index in [-0.39, 0.29) is 0 Å². The van der Waals surface area contributed by atoms with Crippen molar-refractivity contribution in [2.75, 3.05) is 6.61 Å². The number of esters is 1. The summed E-state index contributed by atoms with van der Waals surface area (Å²) in [6, 6.07) is 0. The highest BCUT2D eigenvalue weighted by Crippen LogP contribution is 1.80. The third-order valence-electron chi connectivity index (χ3n) is 0.641. The van der Waals surface area contributed by atoms with Gasteiger partial charge in [-0.3, -0.25) is 0 Å². The largest absolute Gasteiger partial charge is 0.479 e. The topological polar surface area (TPSA) is 63.6 Å². The van der Waals surface area contributed by atoms with Gasteiger partial charge < -0.3 is 9.84 Å². The first-order valence-corrected chi connectivity index (χ1v) is 2.68. The summed E-state index contributed by atoms with van der Waals surface area (Å²) in [5, 5.41) is 8.03. The molecule has 0 radical (unpaired) electrons. The molecule has 10 heavy (non-hydrogen) atoms. The van der Waals surface area contributed by atoms with Crippen LogP contribution in [0.15, 0.2) is 12.2 Å². The minimum absolute atomic E-state index is 0.580. The number of aliphatic carboxylic acids is 1. The Morgan fingerprint density at radius 1 is 1.60 bits per heavy atom. The van der Waals surface area contributed by atoms with E-state index in [0.29, 0.717) is 0 Å². The van der Waals surface area contributed by atoms with Crippen LogP contribution in [0.2, 0.25) is 0 Å². The fraction of sp³-hybridized carbons (Fsp3) is 0.333. The lowest BCUT2D eigenvalue weighted by atomic mass is 10.5. The highest BCUT2D eigenvalue weighted by molar-refractivity contribution is 5.83. The Morgan fingerprint density at radius 2 is 2.20 bits per heavy atom. The Hall–Kier alpha value is -1.32. The maximum atomic E-state index is 10.4. The summed E-state index contributed by atoms with van der Waals surface area (Å²) in [5.74, 6) is -1.79. The molecule has 0 heterocycles. The van der Waals surface area contributed by atoms with E-state index in [0.717, 1.165) is 6.08 Å². The molecule has 56 valence electrons. The molecule has 0 saturated heterocycles. The van der Waals surface area contributed by atoms with Crippen molar-refractivity contribution >= 4 is 11.9 Å². The van der Waals surface area contributed by atoms with E-state index in [1.165, 1.54) is 6.08 Å². The Morgan fingerprint density at radius 3 is 2.60 bits per heavy atom. The molecule has 0 aromatic rings. The van der Waals surface area contributed by atoms with Crippen molar-refractivity contribution in [3.8, 4) is 0 Å². The van der Waals surface area contributed by atoms with Crippen LogP contribution in [0.1, 0.15) is 6.92 Å². The number of allylic oxidation sites excluding steroid dienone is 1. The van der Waals surface area contributed by atoms with Crippen molar-refractivity contribution in [3.05, 3.63) is 12.2 Å². The van der Waals surface area contributed by atoms with Gasteiger partial charge in [0.05, 0.1) is 0 Å². The molecule has 4 heteroatoms. The molecular weight excluding hydrogens is 136 g/mol. The summed E-state index contributed by atoms with van der Waals surface area (Å²) in [7, 11) is 0. The number of hydrogen-bond donors (Lipinski definition) is 1. The van der Waals surface area contributed by atoms with Crippen LogP contribution in [-0.4, -0.2) is 23.7 Å². The molecule has 0 aliphatic rings. The Labute approximate surface area is 58.1 Å². The van der Waals surface area contributed by atoms with Crippen LogP contribution in [0, 0.1) is 0 Å². The van der Waals surface area contributed by atoms with E-state index >= 15 is 0 Å². The van der Waals surface area contributed by atoms with Crippen LogP contribution < -0.4 is 0 Å². The molecule has 0 rings (SSSR count). The lowest BCUT2D eigenvalue weighted by molar-refractivity contribution is -0.151. The van der Waals surface area contributed by atoms with E-state index in [1.54, 1.807) is 6.92 Å². The van der Waals surface area contributed by atoms with Crippen LogP contribution in [0.5, 0.6) is 0 Å². The summed E-state index contributed by atoms with van der Waals surface area (Å²) in [6.45, 7) is 1.06. The van der Waals surface area contributed by atoms with Gasteiger partial charge in [0.2, 0.25) is 0 Å². The fourth-order valence-electron chi connectivity index (χ4n) is 0.317. The van der Waals surface area contributed by atoms with Gasteiger partial charge in [0.15, 0.2) is 6.61 Å². The predicted octanol–water partition coefficient (Wildman–Crippen LogP) is 0.190. The summed E-state index contributed by atoms with van der Waals surface area (Å²) < 4.78 is 4.22. The van der Waals surface area contributed by atoms with Crippen LogP contribution in [0.25, 0.3) is 0 Å². The normalized spacial score (nSPS) is 9.70. The van der Waals surface area contributed by atoms with Crippen molar-refractivity contribution in [2.45, 2.75) is 6.92 Å². The molecular formula is C6H8O4. The van der Waals surface area contributed by atoms with Crippen molar-refractivity contribution in [3.63, 3.8) is 0 Å². The second-order valence-electron chi connectivity index (χ2n) is 1.50. The zero-order valence-corrected chi connectivity index (χ0v) is 5.53. The molecule has 0 atom stereocenters. The molecule has 0 aromatic carbocycles. The Balaban J connectivity index is 3.50. The van der Waals surface area contributed by atoms with Crippen LogP contribution in [0.4, 0.5) is 0 Å². The van der Waals surface area contributed by atoms with E-state index < -0.39 is 18.5 Å². The molecule has 0 aromatic heterocycles. The van der Waals surface area contributed by atoms with Gasteiger partial charge in [-0.1, -0.05) is 6.08 Å². The lowest BCUT2D eigenvalue weighted by Crippen LogP contribution is -2.10. The van der Waals surface area contributed by atoms with Gasteiger partial charge in [-0.15, -0.1) is 0 Å². The molecule has 0 aliphatic carbocycles. The van der Waals surface area contributed by atoms with Gasteiger partial charge in [-0.2, -0.15) is 0 Å². The SMILES string of the molecule is C/C=C/C(=O)OCC(=O)O. The third kappa shape index (κ3) is 4.83. The van der Waals surface area contributed by atoms with Gasteiger partial charge in [0.25, 0.3) is 0 Å². The highest BCUT2D eigenvalue weighted by atomic mass is 16.5. The predicted molar refractivity (Wildman–Crippen MR) is 33.4 cm³/mol. The minimum atomic E-state index is -1.15. The maximum Gasteiger partial charge on any atom is 0.341 e. The monoisotopic (exact) mass is 144 g/mol. The van der Waals surface area contributed by atoms with Crippen LogP contribution in [-0.2, 0) is 14.3 Å². The van der Waals surface area contributed by atoms with Gasteiger partial charge in [0, 0.05) is 6.08 Å². The van der Waals surface area contributed by atoms with Gasteiger partial charge in [-0.25, -0.2) is 9.59 Å². The molecule has 0 saturated carbocycles. The second-order valence-corrected chi connectivity index (χ2v) is 1.50. The smallest absolute Gasteiger partial charge is 0.341 e. The van der Waals surface area contributed by atoms with Crippen molar-refractivity contribution in [2.24, 2.45) is 0 Å². The molecule has 0 amide bonds. The third-order valence-corrected chi connectivity index (χ3v) is 0.641. The van der Waals surface area contributed by atoms with E-state index in [4.69, 9.17) is 5.11 Å². The number of hydrogen-bond acceptors (Lipinski definition) is 3. The number of carbonyl (C=O) groups excluding carboxylic acids is 1. The first kappa shape index (κ1) is 8.68. The standard InChI is InChI=1S/C6H8O4/c1-2-3-6(9)10-4-5(7)8/h2-3H,4H2,1H3,(H,7,8)/b3-2+. The number of carboxylic acids is 1. The molecule has 0 bridgehead atoms. The molecule has 0 spiro atoms. The summed E-state index contributed by atoms with van der Waals surface area (Å²) in [4.78, 5) is 20.2. The second kappa shape index (κ2) is 4.55. The van der Waals surface area contributed by atoms with Crippen LogP contribution >= 0.6 is 0 Å². The highest BCUT2D eigenvalue weighted by Gasteiger charge is 1.99. The van der Waals surface area contributed by atoms with Crippen molar-refractivity contribution in [1.29, 1.82) is 0 Å². The molecule has 0 fully saturated rings. The first-order valence-electron chi connectivity index (χ1n) is 2.68. The molecule has 0 aliphatic heterocycles. The first-order chi connectivity index (χ1) is 4.66. The maximum absolute atomic E-state index is 10.4. The molecule has 0 unspecified atom stereocenters. The fourth-order valence-corrected chi connectivity index (χ4v) is 0.317. The number of carbonyl (C=O) groups is 2. The van der Waals surface area contributed by atoms with E-state index in [2.05, 4.69) is 4.74 Å². The average molecular weight is 144 g/mol. The summed E-state index contributed by atoms with van der Waals surface area (Å²) in [5.41, 5.74) is 0. The number of rotatable bonds is 3. The zero-order valence-electron chi connectivity index (χ0n) is 5.53. The summed E-state index contributed by atoms with van der Waals surface area (Å²) >= 11 is 0. The quantitative estimate of drug-likeness (QED) is 0.453. The van der Waals surface area contributed by atoms with Gasteiger partial charge in [-0.05, 0) is 6.92 Å². The number of ether oxygens (including phenoxy) is 1. The summed E-state index contributed by atoms with van der Waals surface area (Å²) in [6.07, 6.45) is 2.63. The van der Waals surface area contributed by atoms with Crippen molar-refractivity contribution in [1.82, 2.24) is 0 Å². The number of carboxylic acid groups (broad SMARTS) is 1. The minimum Gasteiger partial charge on any atom is -0.479 e.